The molecule has 0 aliphatic heterocycles. The van der Waals surface area contributed by atoms with Gasteiger partial charge in [-0.2, -0.15) is 0 Å². The Morgan fingerprint density at radius 3 is 2.44 bits per heavy atom. The molecule has 2 heteroatoms. The molecule has 2 N–H and O–H groups in total. The topological polar surface area (TPSA) is 29.3 Å². The van der Waals surface area contributed by atoms with E-state index in [2.05, 4.69) is 63.4 Å². The van der Waals surface area contributed by atoms with Crippen molar-refractivity contribution >= 4 is 5.69 Å². The van der Waals surface area contributed by atoms with Crippen LogP contribution in [0.5, 0.6) is 0 Å². The van der Waals surface area contributed by atoms with Crippen molar-refractivity contribution in [3.05, 3.63) is 42.5 Å². The molecule has 0 aliphatic rings. The summed E-state index contributed by atoms with van der Waals surface area (Å²) in [5.74, 6) is 0. The van der Waals surface area contributed by atoms with Crippen molar-refractivity contribution in [3.8, 4) is 0 Å². The lowest BCUT2D eigenvalue weighted by molar-refractivity contribution is 0.518. The van der Waals surface area contributed by atoms with E-state index in [1.165, 1.54) is 11.3 Å². The standard InChI is InChI=1S/C16H26N2/c1-6-12-18(16(3,4)5)15-11-9-8-10-13(15)14(17)7-2/h6,8-11,14H,1,7,12,17H2,2-5H3/t14-/m0/s1. The second kappa shape index (κ2) is 6.05. The molecule has 0 heterocycles. The summed E-state index contributed by atoms with van der Waals surface area (Å²) in [6.45, 7) is 13.5. The van der Waals surface area contributed by atoms with Gasteiger partial charge in [0.15, 0.2) is 0 Å². The quantitative estimate of drug-likeness (QED) is 0.799. The third-order valence-electron chi connectivity index (χ3n) is 3.19. The summed E-state index contributed by atoms with van der Waals surface area (Å²) in [5.41, 5.74) is 8.71. The molecule has 0 aliphatic carbocycles. The molecule has 1 aromatic carbocycles. The molecular formula is C16H26N2. The van der Waals surface area contributed by atoms with Crippen LogP contribution in [0.1, 0.15) is 45.7 Å². The number of nitrogens with two attached hydrogens (primary N) is 1. The first-order chi connectivity index (χ1) is 8.41. The zero-order chi connectivity index (χ0) is 13.8. The molecule has 0 unspecified atom stereocenters. The zero-order valence-corrected chi connectivity index (χ0v) is 12.1. The second-order valence-corrected chi connectivity index (χ2v) is 5.64. The highest BCUT2D eigenvalue weighted by Crippen LogP contribution is 2.31. The van der Waals surface area contributed by atoms with E-state index in [-0.39, 0.29) is 11.6 Å². The fourth-order valence-corrected chi connectivity index (χ4v) is 2.13. The number of rotatable bonds is 5. The molecular weight excluding hydrogens is 220 g/mol. The van der Waals surface area contributed by atoms with E-state index in [4.69, 9.17) is 5.73 Å². The Balaban J connectivity index is 3.23. The minimum atomic E-state index is 0.0533. The Morgan fingerprint density at radius 2 is 1.94 bits per heavy atom. The number of anilines is 1. The van der Waals surface area contributed by atoms with Gasteiger partial charge in [0, 0.05) is 23.8 Å². The summed E-state index contributed by atoms with van der Waals surface area (Å²) in [6.07, 6.45) is 2.89. The first kappa shape index (κ1) is 14.8. The van der Waals surface area contributed by atoms with Crippen molar-refractivity contribution in [1.29, 1.82) is 0 Å². The minimum absolute atomic E-state index is 0.0533. The summed E-state index contributed by atoms with van der Waals surface area (Å²) in [7, 11) is 0. The predicted octanol–water partition coefficient (Wildman–Crippen LogP) is 3.89. The number of benzene rings is 1. The molecule has 18 heavy (non-hydrogen) atoms. The van der Waals surface area contributed by atoms with Crippen LogP contribution in [-0.2, 0) is 0 Å². The summed E-state index contributed by atoms with van der Waals surface area (Å²) >= 11 is 0. The third kappa shape index (κ3) is 3.36. The summed E-state index contributed by atoms with van der Waals surface area (Å²) in [6, 6.07) is 8.51. The lowest BCUT2D eigenvalue weighted by atomic mass is 9.98. The summed E-state index contributed by atoms with van der Waals surface area (Å²) in [5, 5.41) is 0. The molecule has 1 rings (SSSR count). The SMILES string of the molecule is C=CCN(c1ccccc1[C@@H](N)CC)C(C)(C)C. The van der Waals surface area contributed by atoms with E-state index < -0.39 is 0 Å². The lowest BCUT2D eigenvalue weighted by Gasteiger charge is -2.39. The van der Waals surface area contributed by atoms with E-state index in [0.29, 0.717) is 0 Å². The van der Waals surface area contributed by atoms with Crippen LogP contribution in [0.3, 0.4) is 0 Å². The Morgan fingerprint density at radius 1 is 1.33 bits per heavy atom. The molecule has 0 saturated carbocycles. The van der Waals surface area contributed by atoms with Gasteiger partial charge < -0.3 is 10.6 Å². The van der Waals surface area contributed by atoms with Gasteiger partial charge in [-0.05, 0) is 38.8 Å². The number of para-hydroxylation sites is 1. The van der Waals surface area contributed by atoms with Crippen LogP contribution < -0.4 is 10.6 Å². The van der Waals surface area contributed by atoms with Crippen molar-refractivity contribution < 1.29 is 0 Å². The molecule has 2 nitrogen and oxygen atoms in total. The highest BCUT2D eigenvalue weighted by Gasteiger charge is 2.23. The van der Waals surface area contributed by atoms with Crippen molar-refractivity contribution in [3.63, 3.8) is 0 Å². The molecule has 0 bridgehead atoms. The van der Waals surface area contributed by atoms with Gasteiger partial charge in [-0.1, -0.05) is 31.2 Å². The van der Waals surface area contributed by atoms with Gasteiger partial charge in [0.1, 0.15) is 0 Å². The number of hydrogen-bond acceptors (Lipinski definition) is 2. The maximum atomic E-state index is 6.22. The smallest absolute Gasteiger partial charge is 0.0421 e. The maximum absolute atomic E-state index is 6.22. The monoisotopic (exact) mass is 246 g/mol. The van der Waals surface area contributed by atoms with Gasteiger partial charge in [-0.3, -0.25) is 0 Å². The normalized spacial score (nSPS) is 13.2. The van der Waals surface area contributed by atoms with Gasteiger partial charge in [-0.15, -0.1) is 6.58 Å². The van der Waals surface area contributed by atoms with Gasteiger partial charge in [-0.25, -0.2) is 0 Å². The number of nitrogens with zero attached hydrogens (tertiary/aromatic N) is 1. The van der Waals surface area contributed by atoms with Crippen molar-refractivity contribution in [1.82, 2.24) is 0 Å². The van der Waals surface area contributed by atoms with Gasteiger partial charge >= 0.3 is 0 Å². The Bertz CT molecular complexity index is 390. The van der Waals surface area contributed by atoms with Gasteiger partial charge in [0.2, 0.25) is 0 Å². The van der Waals surface area contributed by atoms with Crippen LogP contribution in [0.15, 0.2) is 36.9 Å². The van der Waals surface area contributed by atoms with Crippen LogP contribution in [0.2, 0.25) is 0 Å². The zero-order valence-electron chi connectivity index (χ0n) is 12.1. The molecule has 0 amide bonds. The highest BCUT2D eigenvalue weighted by atomic mass is 15.2. The molecule has 0 radical (unpaired) electrons. The highest BCUT2D eigenvalue weighted by molar-refractivity contribution is 5.57. The average molecular weight is 246 g/mol. The van der Waals surface area contributed by atoms with E-state index in [1.807, 2.05) is 6.08 Å². The minimum Gasteiger partial charge on any atom is -0.363 e. The summed E-state index contributed by atoms with van der Waals surface area (Å²) < 4.78 is 0. The van der Waals surface area contributed by atoms with Gasteiger partial charge in [0.05, 0.1) is 0 Å². The Labute approximate surface area is 111 Å². The van der Waals surface area contributed by atoms with Crippen LogP contribution in [0.4, 0.5) is 5.69 Å². The summed E-state index contributed by atoms with van der Waals surface area (Å²) in [4.78, 5) is 2.35. The van der Waals surface area contributed by atoms with Crippen molar-refractivity contribution in [2.75, 3.05) is 11.4 Å². The Hall–Kier alpha value is -1.28. The lowest BCUT2D eigenvalue weighted by Crippen LogP contribution is -2.42. The average Bonchev–Trinajstić information content (AvgIpc) is 2.33. The van der Waals surface area contributed by atoms with E-state index in [0.717, 1.165) is 13.0 Å². The molecule has 1 atom stereocenters. The van der Waals surface area contributed by atoms with Crippen LogP contribution in [0.25, 0.3) is 0 Å². The fraction of sp³-hybridized carbons (Fsp3) is 0.500. The molecule has 1 aromatic rings. The fourth-order valence-electron chi connectivity index (χ4n) is 2.13. The van der Waals surface area contributed by atoms with E-state index in [9.17, 15) is 0 Å². The molecule has 0 spiro atoms. The molecule has 0 saturated heterocycles. The van der Waals surface area contributed by atoms with Crippen LogP contribution in [-0.4, -0.2) is 12.1 Å². The van der Waals surface area contributed by atoms with Crippen LogP contribution >= 0.6 is 0 Å². The van der Waals surface area contributed by atoms with Gasteiger partial charge in [0.25, 0.3) is 0 Å². The third-order valence-corrected chi connectivity index (χ3v) is 3.19. The van der Waals surface area contributed by atoms with E-state index >= 15 is 0 Å². The van der Waals surface area contributed by atoms with E-state index in [1.54, 1.807) is 0 Å². The molecule has 0 aromatic heterocycles. The molecule has 100 valence electrons. The first-order valence-electron chi connectivity index (χ1n) is 6.64. The predicted molar refractivity (Wildman–Crippen MR) is 81.0 cm³/mol. The van der Waals surface area contributed by atoms with Crippen LogP contribution in [0, 0.1) is 0 Å². The first-order valence-corrected chi connectivity index (χ1v) is 6.64. The second-order valence-electron chi connectivity index (χ2n) is 5.64. The largest absolute Gasteiger partial charge is 0.363 e. The van der Waals surface area contributed by atoms with Crippen molar-refractivity contribution in [2.24, 2.45) is 5.73 Å². The molecule has 0 fully saturated rings. The number of hydrogen-bond donors (Lipinski definition) is 1. The van der Waals surface area contributed by atoms with Crippen molar-refractivity contribution in [2.45, 2.75) is 45.7 Å². The Kier molecular flexibility index (Phi) is 4.97. The maximum Gasteiger partial charge on any atom is 0.0421 e.